The van der Waals surface area contributed by atoms with Gasteiger partial charge in [0.1, 0.15) is 17.5 Å². The Labute approximate surface area is 111 Å². The van der Waals surface area contributed by atoms with Crippen LogP contribution in [0.3, 0.4) is 0 Å². The molecule has 0 aliphatic carbocycles. The lowest BCUT2D eigenvalue weighted by molar-refractivity contribution is -0.141. The molecular formula is C13H17NO5. The largest absolute Gasteiger partial charge is 0.497 e. The van der Waals surface area contributed by atoms with Crippen molar-refractivity contribution in [1.82, 2.24) is 5.32 Å². The molecule has 1 amide bonds. The van der Waals surface area contributed by atoms with Gasteiger partial charge in [0.25, 0.3) is 0 Å². The average molecular weight is 267 g/mol. The third-order valence-corrected chi connectivity index (χ3v) is 2.41. The molecule has 2 N–H and O–H groups in total. The quantitative estimate of drug-likeness (QED) is 0.771. The van der Waals surface area contributed by atoms with E-state index in [1.807, 2.05) is 0 Å². The maximum atomic E-state index is 11.4. The molecule has 6 heteroatoms. The molecule has 0 saturated carbocycles. The number of carboxylic acids is 1. The van der Waals surface area contributed by atoms with Gasteiger partial charge >= 0.3 is 5.97 Å². The van der Waals surface area contributed by atoms with Gasteiger partial charge in [-0.15, -0.1) is 0 Å². The third kappa shape index (κ3) is 5.29. The molecule has 0 unspecified atom stereocenters. The number of aliphatic carboxylic acids is 1. The number of ether oxygens (including phenoxy) is 2. The number of carbonyl (C=O) groups is 2. The predicted octanol–water partition coefficient (Wildman–Crippen LogP) is 1.05. The predicted molar refractivity (Wildman–Crippen MR) is 68.3 cm³/mol. The molecule has 0 radical (unpaired) electrons. The molecule has 0 aliphatic rings. The molecule has 0 fully saturated rings. The first-order valence-electron chi connectivity index (χ1n) is 5.82. The minimum atomic E-state index is -1.07. The van der Waals surface area contributed by atoms with Crippen LogP contribution in [0.15, 0.2) is 24.3 Å². The Morgan fingerprint density at radius 3 is 2.37 bits per heavy atom. The van der Waals surface area contributed by atoms with Crippen LogP contribution in [0.2, 0.25) is 0 Å². The summed E-state index contributed by atoms with van der Waals surface area (Å²) in [5.41, 5.74) is 0. The summed E-state index contributed by atoms with van der Waals surface area (Å²) in [6, 6.07) is 6.07. The van der Waals surface area contributed by atoms with Crippen LogP contribution >= 0.6 is 0 Å². The Kier molecular flexibility index (Phi) is 5.66. The average Bonchev–Trinajstić information content (AvgIpc) is 2.39. The molecule has 1 aromatic rings. The highest BCUT2D eigenvalue weighted by atomic mass is 16.5. The third-order valence-electron chi connectivity index (χ3n) is 2.41. The van der Waals surface area contributed by atoms with Crippen LogP contribution < -0.4 is 14.8 Å². The molecule has 0 bridgehead atoms. The van der Waals surface area contributed by atoms with E-state index in [-0.39, 0.29) is 18.9 Å². The maximum absolute atomic E-state index is 11.4. The fourth-order valence-corrected chi connectivity index (χ4v) is 1.31. The van der Waals surface area contributed by atoms with Crippen molar-refractivity contribution in [2.75, 3.05) is 13.7 Å². The number of hydrogen-bond donors (Lipinski definition) is 2. The van der Waals surface area contributed by atoms with E-state index in [4.69, 9.17) is 14.6 Å². The normalized spacial score (nSPS) is 11.5. The Morgan fingerprint density at radius 1 is 1.26 bits per heavy atom. The minimum Gasteiger partial charge on any atom is -0.497 e. The molecule has 0 spiro atoms. The van der Waals surface area contributed by atoms with Crippen molar-refractivity contribution in [3.63, 3.8) is 0 Å². The number of nitrogens with one attached hydrogen (secondary N) is 1. The van der Waals surface area contributed by atoms with Gasteiger partial charge in [0.2, 0.25) is 5.91 Å². The van der Waals surface area contributed by atoms with Crippen molar-refractivity contribution < 1.29 is 24.2 Å². The van der Waals surface area contributed by atoms with Gasteiger partial charge in [-0.2, -0.15) is 0 Å². The second kappa shape index (κ2) is 7.25. The summed E-state index contributed by atoms with van der Waals surface area (Å²) in [7, 11) is 1.57. The Morgan fingerprint density at radius 2 is 1.84 bits per heavy atom. The molecule has 19 heavy (non-hydrogen) atoms. The van der Waals surface area contributed by atoms with E-state index in [2.05, 4.69) is 5.32 Å². The van der Waals surface area contributed by atoms with Gasteiger partial charge in [-0.1, -0.05) is 0 Å². The smallest absolute Gasteiger partial charge is 0.325 e. The molecule has 1 rings (SSSR count). The lowest BCUT2D eigenvalue weighted by Crippen LogP contribution is -2.38. The first-order valence-corrected chi connectivity index (χ1v) is 5.82. The number of benzene rings is 1. The Bertz CT molecular complexity index is 429. The molecular weight excluding hydrogens is 250 g/mol. The van der Waals surface area contributed by atoms with Crippen LogP contribution in [0.25, 0.3) is 0 Å². The van der Waals surface area contributed by atoms with E-state index >= 15 is 0 Å². The lowest BCUT2D eigenvalue weighted by atomic mass is 10.3. The van der Waals surface area contributed by atoms with Gasteiger partial charge < -0.3 is 19.9 Å². The van der Waals surface area contributed by atoms with Gasteiger partial charge in [-0.05, 0) is 31.2 Å². The highest BCUT2D eigenvalue weighted by molar-refractivity contribution is 5.83. The fraction of sp³-hybridized carbons (Fsp3) is 0.385. The summed E-state index contributed by atoms with van der Waals surface area (Å²) < 4.78 is 10.4. The molecule has 0 saturated heterocycles. The van der Waals surface area contributed by atoms with E-state index in [0.29, 0.717) is 5.75 Å². The standard InChI is InChI=1S/C13H17NO5/c1-9(13(16)17)14-12(15)7-8-19-11-5-3-10(18-2)4-6-11/h3-6,9H,7-8H2,1-2H3,(H,14,15)(H,16,17)/t9-/m0/s1. The first kappa shape index (κ1) is 14.8. The van der Waals surface area contributed by atoms with Crippen LogP contribution in [0.5, 0.6) is 11.5 Å². The number of carboxylic acid groups (broad SMARTS) is 1. The molecule has 6 nitrogen and oxygen atoms in total. The van der Waals surface area contributed by atoms with Gasteiger partial charge in [0.15, 0.2) is 0 Å². The Hall–Kier alpha value is -2.24. The van der Waals surface area contributed by atoms with E-state index in [0.717, 1.165) is 5.75 Å². The maximum Gasteiger partial charge on any atom is 0.325 e. The van der Waals surface area contributed by atoms with Crippen LogP contribution in [0.4, 0.5) is 0 Å². The summed E-state index contributed by atoms with van der Waals surface area (Å²) in [6.07, 6.45) is 0.101. The molecule has 0 heterocycles. The zero-order chi connectivity index (χ0) is 14.3. The zero-order valence-corrected chi connectivity index (χ0v) is 10.9. The fourth-order valence-electron chi connectivity index (χ4n) is 1.31. The highest BCUT2D eigenvalue weighted by Gasteiger charge is 2.13. The SMILES string of the molecule is COc1ccc(OCCC(=O)N[C@@H](C)C(=O)O)cc1. The second-order valence-electron chi connectivity index (χ2n) is 3.90. The van der Waals surface area contributed by atoms with Crippen molar-refractivity contribution >= 4 is 11.9 Å². The first-order chi connectivity index (χ1) is 9.02. The van der Waals surface area contributed by atoms with E-state index in [1.54, 1.807) is 31.4 Å². The lowest BCUT2D eigenvalue weighted by Gasteiger charge is -2.10. The monoisotopic (exact) mass is 267 g/mol. The molecule has 0 aliphatic heterocycles. The summed E-state index contributed by atoms with van der Waals surface area (Å²) >= 11 is 0. The zero-order valence-electron chi connectivity index (χ0n) is 10.9. The van der Waals surface area contributed by atoms with Crippen LogP contribution in [-0.2, 0) is 9.59 Å². The molecule has 0 aromatic heterocycles. The summed E-state index contributed by atoms with van der Waals surface area (Å²) in [6.45, 7) is 1.59. The van der Waals surface area contributed by atoms with Gasteiger partial charge in [-0.3, -0.25) is 9.59 Å². The Balaban J connectivity index is 2.29. The van der Waals surface area contributed by atoms with Gasteiger partial charge in [0.05, 0.1) is 20.1 Å². The number of rotatable bonds is 7. The molecule has 1 atom stereocenters. The van der Waals surface area contributed by atoms with E-state index < -0.39 is 12.0 Å². The number of methoxy groups -OCH3 is 1. The van der Waals surface area contributed by atoms with Crippen LogP contribution in [0, 0.1) is 0 Å². The van der Waals surface area contributed by atoms with E-state index in [1.165, 1.54) is 6.92 Å². The van der Waals surface area contributed by atoms with Crippen LogP contribution in [-0.4, -0.2) is 36.7 Å². The van der Waals surface area contributed by atoms with E-state index in [9.17, 15) is 9.59 Å². The number of amides is 1. The van der Waals surface area contributed by atoms with Crippen molar-refractivity contribution in [3.05, 3.63) is 24.3 Å². The van der Waals surface area contributed by atoms with Crippen molar-refractivity contribution in [2.24, 2.45) is 0 Å². The summed E-state index contributed by atoms with van der Waals surface area (Å²) in [4.78, 5) is 21.9. The van der Waals surface area contributed by atoms with Gasteiger partial charge in [0, 0.05) is 0 Å². The van der Waals surface area contributed by atoms with Crippen molar-refractivity contribution in [3.8, 4) is 11.5 Å². The second-order valence-corrected chi connectivity index (χ2v) is 3.90. The van der Waals surface area contributed by atoms with Gasteiger partial charge in [-0.25, -0.2) is 0 Å². The van der Waals surface area contributed by atoms with Crippen LogP contribution in [0.1, 0.15) is 13.3 Å². The summed E-state index contributed by atoms with van der Waals surface area (Å²) in [5.74, 6) is -0.0758. The topological polar surface area (TPSA) is 84.9 Å². The molecule has 1 aromatic carbocycles. The molecule has 104 valence electrons. The number of carbonyl (C=O) groups excluding carboxylic acids is 1. The van der Waals surface area contributed by atoms with Crippen molar-refractivity contribution in [2.45, 2.75) is 19.4 Å². The number of hydrogen-bond acceptors (Lipinski definition) is 4. The summed E-state index contributed by atoms with van der Waals surface area (Å²) in [5, 5.41) is 11.0. The highest BCUT2D eigenvalue weighted by Crippen LogP contribution is 2.16. The minimum absolute atomic E-state index is 0.101. The van der Waals surface area contributed by atoms with Crippen molar-refractivity contribution in [1.29, 1.82) is 0 Å².